The zero-order chi connectivity index (χ0) is 17.8. The van der Waals surface area contributed by atoms with Crippen LogP contribution >= 0.6 is 0 Å². The van der Waals surface area contributed by atoms with Crippen molar-refractivity contribution < 1.29 is 9.84 Å². The molecular formula is C21H28N2O2. The first-order valence-electron chi connectivity index (χ1n) is 8.93. The van der Waals surface area contributed by atoms with E-state index < -0.39 is 6.10 Å². The molecule has 0 saturated carbocycles. The summed E-state index contributed by atoms with van der Waals surface area (Å²) in [6.45, 7) is 8.90. The topological polar surface area (TPSA) is 35.9 Å². The van der Waals surface area contributed by atoms with Crippen LogP contribution in [-0.2, 0) is 0 Å². The average molecular weight is 340 g/mol. The van der Waals surface area contributed by atoms with Gasteiger partial charge in [-0.1, -0.05) is 24.3 Å². The molecule has 1 N–H and O–H groups in total. The molecule has 0 aliphatic carbocycles. The molecule has 1 saturated heterocycles. The second-order valence-electron chi connectivity index (χ2n) is 6.87. The van der Waals surface area contributed by atoms with Crippen LogP contribution in [0.2, 0.25) is 0 Å². The zero-order valence-electron chi connectivity index (χ0n) is 15.4. The van der Waals surface area contributed by atoms with Crippen LogP contribution in [-0.4, -0.2) is 49.8 Å². The molecule has 1 aliphatic heterocycles. The van der Waals surface area contributed by atoms with Gasteiger partial charge in [0.25, 0.3) is 0 Å². The first kappa shape index (κ1) is 17.8. The first-order valence-corrected chi connectivity index (χ1v) is 8.93. The Morgan fingerprint density at radius 2 is 1.80 bits per heavy atom. The molecule has 2 aromatic rings. The Hall–Kier alpha value is -2.04. The predicted octanol–water partition coefficient (Wildman–Crippen LogP) is 3.17. The maximum Gasteiger partial charge on any atom is 0.119 e. The first-order chi connectivity index (χ1) is 12.1. The molecule has 4 nitrogen and oxygen atoms in total. The fourth-order valence-electron chi connectivity index (χ4n) is 3.43. The lowest BCUT2D eigenvalue weighted by Gasteiger charge is -2.37. The van der Waals surface area contributed by atoms with Gasteiger partial charge in [0.15, 0.2) is 0 Å². The largest absolute Gasteiger partial charge is 0.497 e. The minimum Gasteiger partial charge on any atom is -0.497 e. The zero-order valence-corrected chi connectivity index (χ0v) is 15.4. The maximum atomic E-state index is 10.5. The summed E-state index contributed by atoms with van der Waals surface area (Å²) in [6.07, 6.45) is -0.484. The van der Waals surface area contributed by atoms with Crippen molar-refractivity contribution in [1.82, 2.24) is 4.90 Å². The minimum atomic E-state index is -0.484. The van der Waals surface area contributed by atoms with Gasteiger partial charge in [0.2, 0.25) is 0 Å². The number of β-amino-alcohol motifs (C(OH)–C–C–N with tert-alkyl or cyclic N) is 1. The summed E-state index contributed by atoms with van der Waals surface area (Å²) in [5.74, 6) is 0.788. The second-order valence-corrected chi connectivity index (χ2v) is 6.87. The van der Waals surface area contributed by atoms with Crippen molar-refractivity contribution >= 4 is 5.69 Å². The normalized spacial score (nSPS) is 16.7. The number of aryl methyl sites for hydroxylation is 2. The number of anilines is 1. The van der Waals surface area contributed by atoms with Crippen LogP contribution in [0.5, 0.6) is 5.75 Å². The van der Waals surface area contributed by atoms with Crippen LogP contribution in [0.3, 0.4) is 0 Å². The molecule has 0 unspecified atom stereocenters. The third kappa shape index (κ3) is 4.33. The molecule has 0 spiro atoms. The number of ether oxygens (including phenoxy) is 1. The molecule has 25 heavy (non-hydrogen) atoms. The van der Waals surface area contributed by atoms with Crippen LogP contribution in [0.25, 0.3) is 0 Å². The summed E-state index contributed by atoms with van der Waals surface area (Å²) >= 11 is 0. The lowest BCUT2D eigenvalue weighted by atomic mass is 10.1. The number of hydrogen-bond donors (Lipinski definition) is 1. The fourth-order valence-corrected chi connectivity index (χ4v) is 3.43. The Labute approximate surface area is 150 Å². The number of benzene rings is 2. The molecule has 1 heterocycles. The van der Waals surface area contributed by atoms with Crippen LogP contribution < -0.4 is 9.64 Å². The van der Waals surface area contributed by atoms with Crippen molar-refractivity contribution in [3.8, 4) is 5.75 Å². The third-order valence-corrected chi connectivity index (χ3v) is 4.99. The van der Waals surface area contributed by atoms with Crippen molar-refractivity contribution in [2.24, 2.45) is 0 Å². The second kappa shape index (κ2) is 7.89. The predicted molar refractivity (Wildman–Crippen MR) is 103 cm³/mol. The average Bonchev–Trinajstić information content (AvgIpc) is 2.64. The highest BCUT2D eigenvalue weighted by Gasteiger charge is 2.21. The summed E-state index contributed by atoms with van der Waals surface area (Å²) in [4.78, 5) is 4.79. The molecule has 1 aliphatic rings. The van der Waals surface area contributed by atoms with Crippen LogP contribution in [0.1, 0.15) is 22.8 Å². The summed E-state index contributed by atoms with van der Waals surface area (Å²) in [5, 5.41) is 10.5. The van der Waals surface area contributed by atoms with Gasteiger partial charge in [-0.25, -0.2) is 0 Å². The molecule has 134 valence electrons. The lowest BCUT2D eigenvalue weighted by Crippen LogP contribution is -2.47. The molecule has 0 amide bonds. The van der Waals surface area contributed by atoms with Gasteiger partial charge in [0.1, 0.15) is 5.75 Å². The van der Waals surface area contributed by atoms with E-state index in [9.17, 15) is 5.11 Å². The highest BCUT2D eigenvalue weighted by molar-refractivity contribution is 5.55. The van der Waals surface area contributed by atoms with Crippen molar-refractivity contribution in [2.45, 2.75) is 20.0 Å². The number of methoxy groups -OCH3 is 1. The maximum absolute atomic E-state index is 10.5. The number of aliphatic hydroxyl groups excluding tert-OH is 1. The number of rotatable bonds is 5. The van der Waals surface area contributed by atoms with Gasteiger partial charge < -0.3 is 14.7 Å². The lowest BCUT2D eigenvalue weighted by molar-refractivity contribution is 0.109. The van der Waals surface area contributed by atoms with E-state index >= 15 is 0 Å². The molecule has 0 bridgehead atoms. The molecule has 3 rings (SSSR count). The van der Waals surface area contributed by atoms with E-state index in [1.807, 2.05) is 24.3 Å². The molecule has 1 fully saturated rings. The van der Waals surface area contributed by atoms with Crippen LogP contribution in [0.4, 0.5) is 5.69 Å². The van der Waals surface area contributed by atoms with Gasteiger partial charge in [-0.3, -0.25) is 4.90 Å². The smallest absolute Gasteiger partial charge is 0.119 e. The molecule has 1 atom stereocenters. The number of aliphatic hydroxyl groups is 1. The van der Waals surface area contributed by atoms with E-state index in [1.54, 1.807) is 7.11 Å². The fraction of sp³-hybridized carbons (Fsp3) is 0.429. The van der Waals surface area contributed by atoms with Crippen molar-refractivity contribution in [3.63, 3.8) is 0 Å². The van der Waals surface area contributed by atoms with Crippen LogP contribution in [0, 0.1) is 13.8 Å². The van der Waals surface area contributed by atoms with Gasteiger partial charge in [-0.15, -0.1) is 0 Å². The van der Waals surface area contributed by atoms with E-state index in [1.165, 1.54) is 16.8 Å². The van der Waals surface area contributed by atoms with E-state index in [0.717, 1.165) is 37.5 Å². The molecule has 0 radical (unpaired) electrons. The molecular weight excluding hydrogens is 312 g/mol. The van der Waals surface area contributed by atoms with Gasteiger partial charge in [0.05, 0.1) is 13.2 Å². The van der Waals surface area contributed by atoms with E-state index in [2.05, 4.69) is 41.8 Å². The Balaban J connectivity index is 1.58. The van der Waals surface area contributed by atoms with Gasteiger partial charge in [-0.05, 0) is 48.7 Å². The van der Waals surface area contributed by atoms with Crippen molar-refractivity contribution in [3.05, 3.63) is 59.2 Å². The van der Waals surface area contributed by atoms with Gasteiger partial charge >= 0.3 is 0 Å². The third-order valence-electron chi connectivity index (χ3n) is 4.99. The highest BCUT2D eigenvalue weighted by atomic mass is 16.5. The number of nitrogens with zero attached hydrogens (tertiary/aromatic N) is 2. The SMILES string of the molecule is COc1cccc([C@@H](O)CN2CCN(c3cc(C)ccc3C)CC2)c1. The minimum absolute atomic E-state index is 0.484. The monoisotopic (exact) mass is 340 g/mol. The van der Waals surface area contributed by atoms with Gasteiger partial charge in [-0.2, -0.15) is 0 Å². The Morgan fingerprint density at radius 3 is 2.52 bits per heavy atom. The number of hydrogen-bond acceptors (Lipinski definition) is 4. The molecule has 4 heteroatoms. The summed E-state index contributed by atoms with van der Waals surface area (Å²) in [5.41, 5.74) is 4.89. The van der Waals surface area contributed by atoms with E-state index in [-0.39, 0.29) is 0 Å². The van der Waals surface area contributed by atoms with Gasteiger partial charge in [0, 0.05) is 38.4 Å². The summed E-state index contributed by atoms with van der Waals surface area (Å²) < 4.78 is 5.25. The quantitative estimate of drug-likeness (QED) is 0.907. The van der Waals surface area contributed by atoms with Crippen molar-refractivity contribution in [1.29, 1.82) is 0 Å². The highest BCUT2D eigenvalue weighted by Crippen LogP contribution is 2.24. The van der Waals surface area contributed by atoms with E-state index in [4.69, 9.17) is 4.74 Å². The van der Waals surface area contributed by atoms with Crippen LogP contribution in [0.15, 0.2) is 42.5 Å². The Kier molecular flexibility index (Phi) is 5.61. The molecule has 2 aromatic carbocycles. The standard InChI is InChI=1S/C21H28N2O2/c1-16-7-8-17(2)20(13-16)23-11-9-22(10-12-23)15-21(24)18-5-4-6-19(14-18)25-3/h4-8,13-14,21,24H,9-12,15H2,1-3H3/t21-/m0/s1. The Morgan fingerprint density at radius 1 is 1.04 bits per heavy atom. The van der Waals surface area contributed by atoms with Crippen molar-refractivity contribution in [2.75, 3.05) is 44.7 Å². The summed E-state index contributed by atoms with van der Waals surface area (Å²) in [6, 6.07) is 14.3. The summed E-state index contributed by atoms with van der Waals surface area (Å²) in [7, 11) is 1.65. The molecule has 0 aromatic heterocycles. The Bertz CT molecular complexity index is 709. The van der Waals surface area contributed by atoms with E-state index in [0.29, 0.717) is 6.54 Å². The number of piperazine rings is 1.